The van der Waals surface area contributed by atoms with E-state index in [1.165, 1.54) is 9.13 Å². The van der Waals surface area contributed by atoms with E-state index in [9.17, 15) is 9.59 Å². The Kier molecular flexibility index (Phi) is 3.38. The number of fused-ring (bicyclic) bond motifs is 3. The van der Waals surface area contributed by atoms with E-state index in [0.29, 0.717) is 23.7 Å². The zero-order valence-electron chi connectivity index (χ0n) is 13.3. The van der Waals surface area contributed by atoms with Gasteiger partial charge >= 0.3 is 5.69 Å². The molecule has 0 unspecified atom stereocenters. The number of nitrogens with one attached hydrogen (secondary N) is 1. The molecule has 2 aromatic rings. The Morgan fingerprint density at radius 3 is 2.73 bits per heavy atom. The zero-order chi connectivity index (χ0) is 16.0. The monoisotopic (exact) mass is 304 g/mol. The molecular formula is C14H20N6O2. The van der Waals surface area contributed by atoms with Gasteiger partial charge < -0.3 is 0 Å². The lowest BCUT2D eigenvalue weighted by molar-refractivity contribution is 0.563. The van der Waals surface area contributed by atoms with Crippen molar-refractivity contribution in [2.24, 2.45) is 12.1 Å². The second kappa shape index (κ2) is 5.11. The van der Waals surface area contributed by atoms with Crippen molar-refractivity contribution in [2.45, 2.75) is 46.2 Å². The summed E-state index contributed by atoms with van der Waals surface area (Å²) in [5.74, 6) is 0.494. The number of aryl methyl sites for hydroxylation is 1. The van der Waals surface area contributed by atoms with E-state index >= 15 is 0 Å². The van der Waals surface area contributed by atoms with Gasteiger partial charge in [-0.05, 0) is 20.3 Å². The van der Waals surface area contributed by atoms with Crippen LogP contribution in [0, 0.1) is 0 Å². The lowest BCUT2D eigenvalue weighted by Gasteiger charge is -2.21. The van der Waals surface area contributed by atoms with E-state index in [1.807, 2.05) is 25.3 Å². The molecule has 0 spiro atoms. The molecule has 0 saturated carbocycles. The number of hydrogen-bond acceptors (Lipinski definition) is 5. The number of aromatic nitrogens is 4. The predicted molar refractivity (Wildman–Crippen MR) is 85.6 cm³/mol. The molecule has 0 radical (unpaired) electrons. The van der Waals surface area contributed by atoms with Crippen LogP contribution in [-0.4, -0.2) is 24.4 Å². The Hall–Kier alpha value is -2.38. The number of unbranched alkanes of at least 4 members (excludes halogenated alkanes) is 1. The minimum absolute atomic E-state index is 0.0777. The summed E-state index contributed by atoms with van der Waals surface area (Å²) in [6.07, 6.45) is 1.71. The number of imidazole rings is 1. The van der Waals surface area contributed by atoms with Gasteiger partial charge in [0.2, 0.25) is 5.95 Å². The SMILES string of the molecule is CCCCn1c(=O)c2c(nc3n2[C@H](C)C(C)=NN3)n(C)c1=O. The average molecular weight is 304 g/mol. The van der Waals surface area contributed by atoms with Crippen LogP contribution in [-0.2, 0) is 13.6 Å². The van der Waals surface area contributed by atoms with Crippen LogP contribution in [0.15, 0.2) is 14.7 Å². The first-order valence-corrected chi connectivity index (χ1v) is 7.49. The summed E-state index contributed by atoms with van der Waals surface area (Å²) < 4.78 is 4.55. The van der Waals surface area contributed by atoms with Crippen molar-refractivity contribution >= 4 is 22.8 Å². The Labute approximate surface area is 127 Å². The fourth-order valence-electron chi connectivity index (χ4n) is 2.73. The van der Waals surface area contributed by atoms with Gasteiger partial charge in [-0.15, -0.1) is 0 Å². The lowest BCUT2D eigenvalue weighted by atomic mass is 10.2. The van der Waals surface area contributed by atoms with E-state index in [-0.39, 0.29) is 17.3 Å². The van der Waals surface area contributed by atoms with Crippen LogP contribution in [0.25, 0.3) is 11.2 Å². The van der Waals surface area contributed by atoms with Gasteiger partial charge in [0.1, 0.15) is 0 Å². The largest absolute Gasteiger partial charge is 0.332 e. The number of nitrogens with zero attached hydrogens (tertiary/aromatic N) is 5. The Balaban J connectivity index is 2.36. The molecule has 2 aromatic heterocycles. The highest BCUT2D eigenvalue weighted by Gasteiger charge is 2.26. The van der Waals surface area contributed by atoms with Gasteiger partial charge in [0.05, 0.1) is 11.8 Å². The molecule has 3 heterocycles. The molecule has 0 fully saturated rings. The summed E-state index contributed by atoms with van der Waals surface area (Å²) in [6, 6.07) is -0.0777. The Morgan fingerprint density at radius 1 is 1.32 bits per heavy atom. The van der Waals surface area contributed by atoms with Crippen molar-refractivity contribution in [3.05, 3.63) is 20.8 Å². The topological polar surface area (TPSA) is 86.2 Å². The number of rotatable bonds is 3. The van der Waals surface area contributed by atoms with Crippen LogP contribution in [0.1, 0.15) is 39.7 Å². The summed E-state index contributed by atoms with van der Waals surface area (Å²) in [6.45, 7) is 6.31. The number of anilines is 1. The first-order chi connectivity index (χ1) is 10.5. The average Bonchev–Trinajstić information content (AvgIpc) is 2.89. The summed E-state index contributed by atoms with van der Waals surface area (Å²) in [5, 5.41) is 4.19. The molecule has 0 saturated heterocycles. The molecule has 0 aliphatic carbocycles. The highest BCUT2D eigenvalue weighted by molar-refractivity contribution is 5.90. The van der Waals surface area contributed by atoms with Crippen molar-refractivity contribution in [1.82, 2.24) is 18.7 Å². The van der Waals surface area contributed by atoms with Crippen molar-refractivity contribution in [2.75, 3.05) is 5.43 Å². The Morgan fingerprint density at radius 2 is 2.05 bits per heavy atom. The van der Waals surface area contributed by atoms with Gasteiger partial charge in [0.25, 0.3) is 5.56 Å². The third-order valence-electron chi connectivity index (χ3n) is 4.24. The molecule has 1 aliphatic rings. The number of hydrazone groups is 1. The minimum atomic E-state index is -0.327. The van der Waals surface area contributed by atoms with E-state index < -0.39 is 0 Å². The predicted octanol–water partition coefficient (Wildman–Crippen LogP) is 1.06. The van der Waals surface area contributed by atoms with E-state index in [4.69, 9.17) is 0 Å². The molecule has 1 aliphatic heterocycles. The van der Waals surface area contributed by atoms with Gasteiger partial charge in [-0.2, -0.15) is 10.1 Å². The minimum Gasteiger partial charge on any atom is -0.294 e. The van der Waals surface area contributed by atoms with Crippen molar-refractivity contribution < 1.29 is 0 Å². The standard InChI is InChI=1S/C14H20N6O2/c1-5-6-7-19-12(21)10-11(18(4)14(19)22)15-13-17-16-8(2)9(3)20(10)13/h9H,5-7H2,1-4H3,(H,15,17)/t9-/m1/s1. The van der Waals surface area contributed by atoms with Gasteiger partial charge in [-0.1, -0.05) is 13.3 Å². The van der Waals surface area contributed by atoms with Crippen LogP contribution >= 0.6 is 0 Å². The smallest absolute Gasteiger partial charge is 0.294 e. The maximum absolute atomic E-state index is 12.8. The van der Waals surface area contributed by atoms with Crippen molar-refractivity contribution in [3.63, 3.8) is 0 Å². The third kappa shape index (κ3) is 1.90. The molecule has 118 valence electrons. The number of hydrogen-bond donors (Lipinski definition) is 1. The molecule has 3 rings (SSSR count). The first kappa shape index (κ1) is 14.6. The maximum Gasteiger partial charge on any atom is 0.332 e. The summed E-state index contributed by atoms with van der Waals surface area (Å²) in [5.41, 5.74) is 3.93. The van der Waals surface area contributed by atoms with Gasteiger partial charge in [-0.3, -0.25) is 18.5 Å². The molecule has 1 atom stereocenters. The third-order valence-corrected chi connectivity index (χ3v) is 4.24. The lowest BCUT2D eigenvalue weighted by Crippen LogP contribution is -2.40. The van der Waals surface area contributed by atoms with E-state index in [1.54, 1.807) is 7.05 Å². The fraction of sp³-hybridized carbons (Fsp3) is 0.571. The van der Waals surface area contributed by atoms with Crippen LogP contribution in [0.3, 0.4) is 0 Å². The zero-order valence-corrected chi connectivity index (χ0v) is 13.3. The summed E-state index contributed by atoms with van der Waals surface area (Å²) in [4.78, 5) is 29.6. The molecular weight excluding hydrogens is 284 g/mol. The van der Waals surface area contributed by atoms with Crippen molar-refractivity contribution in [1.29, 1.82) is 0 Å². The van der Waals surface area contributed by atoms with E-state index in [0.717, 1.165) is 18.6 Å². The fourth-order valence-corrected chi connectivity index (χ4v) is 2.73. The second-order valence-electron chi connectivity index (χ2n) is 5.67. The van der Waals surface area contributed by atoms with Gasteiger partial charge in [0.15, 0.2) is 11.2 Å². The molecule has 0 bridgehead atoms. The van der Waals surface area contributed by atoms with Crippen molar-refractivity contribution in [3.8, 4) is 0 Å². The Bertz CT molecular complexity index is 885. The summed E-state index contributed by atoms with van der Waals surface area (Å²) >= 11 is 0. The van der Waals surface area contributed by atoms with Crippen LogP contribution in [0.5, 0.6) is 0 Å². The van der Waals surface area contributed by atoms with Crippen LogP contribution in [0.4, 0.5) is 5.95 Å². The normalized spacial score (nSPS) is 17.3. The second-order valence-corrected chi connectivity index (χ2v) is 5.67. The molecule has 1 N–H and O–H groups in total. The molecule has 8 nitrogen and oxygen atoms in total. The molecule has 8 heteroatoms. The quantitative estimate of drug-likeness (QED) is 0.918. The van der Waals surface area contributed by atoms with Gasteiger partial charge in [-0.25, -0.2) is 10.2 Å². The highest BCUT2D eigenvalue weighted by atomic mass is 16.2. The van der Waals surface area contributed by atoms with E-state index in [2.05, 4.69) is 15.5 Å². The molecule has 22 heavy (non-hydrogen) atoms. The highest BCUT2D eigenvalue weighted by Crippen LogP contribution is 2.25. The first-order valence-electron chi connectivity index (χ1n) is 7.49. The molecule has 0 amide bonds. The van der Waals surface area contributed by atoms with Crippen LogP contribution in [0.2, 0.25) is 0 Å². The van der Waals surface area contributed by atoms with Crippen LogP contribution < -0.4 is 16.7 Å². The van der Waals surface area contributed by atoms with Gasteiger partial charge in [0, 0.05) is 13.6 Å². The summed E-state index contributed by atoms with van der Waals surface area (Å²) in [7, 11) is 1.64. The maximum atomic E-state index is 12.8. The molecule has 0 aromatic carbocycles.